The number of rotatable bonds is 1. The van der Waals surface area contributed by atoms with E-state index in [4.69, 9.17) is 0 Å². The summed E-state index contributed by atoms with van der Waals surface area (Å²) in [5.41, 5.74) is 0. The van der Waals surface area contributed by atoms with Crippen LogP contribution >= 0.6 is 0 Å². The molecule has 2 nitrogen and oxygen atoms in total. The average molecular weight is 161 g/mol. The molecule has 0 bridgehead atoms. The Hall–Kier alpha value is 0.110. The van der Waals surface area contributed by atoms with Crippen LogP contribution in [0.2, 0.25) is 0 Å². The van der Waals surface area contributed by atoms with Gasteiger partial charge in [0.05, 0.1) is 0 Å². The fourth-order valence-electron chi connectivity index (χ4n) is 1.30. The summed E-state index contributed by atoms with van der Waals surface area (Å²) in [5.74, 6) is 1.81. The van der Waals surface area contributed by atoms with Gasteiger partial charge < -0.3 is 4.90 Å². The molecule has 1 aliphatic heterocycles. The second kappa shape index (κ2) is 3.49. The van der Waals surface area contributed by atoms with Gasteiger partial charge in [0.1, 0.15) is 0 Å². The molecule has 1 heterocycles. The van der Waals surface area contributed by atoms with Crippen LogP contribution in [0, 0.1) is 0 Å². The average Bonchev–Trinajstić information content (AvgIpc) is 1.88. The molecule has 1 rings (SSSR count). The van der Waals surface area contributed by atoms with Crippen LogP contribution < -0.4 is 0 Å². The van der Waals surface area contributed by atoms with Crippen molar-refractivity contribution < 1.29 is 4.21 Å². The standard InChI is InChI=1S/C7H15NOS/c1-8(2)7-3-5-10(9)6-4-7/h7H,3-6H2,1-2H3. The Bertz CT molecular complexity index is 126. The summed E-state index contributed by atoms with van der Waals surface area (Å²) in [6.45, 7) is 0. The monoisotopic (exact) mass is 161 g/mol. The van der Waals surface area contributed by atoms with Crippen LogP contribution in [0.25, 0.3) is 0 Å². The molecule has 0 radical (unpaired) electrons. The molecule has 0 amide bonds. The summed E-state index contributed by atoms with van der Waals surface area (Å²) in [4.78, 5) is 2.23. The first-order valence-corrected chi connectivity index (χ1v) is 5.20. The highest BCUT2D eigenvalue weighted by Gasteiger charge is 2.18. The highest BCUT2D eigenvalue weighted by Crippen LogP contribution is 2.12. The Morgan fingerprint density at radius 1 is 1.30 bits per heavy atom. The molecule has 0 aromatic heterocycles. The van der Waals surface area contributed by atoms with Crippen LogP contribution in [0.5, 0.6) is 0 Å². The van der Waals surface area contributed by atoms with Crippen molar-refractivity contribution in [2.75, 3.05) is 25.6 Å². The van der Waals surface area contributed by atoms with Gasteiger partial charge in [-0.3, -0.25) is 4.21 Å². The van der Waals surface area contributed by atoms with Gasteiger partial charge in [-0.15, -0.1) is 0 Å². The SMILES string of the molecule is CN(C)C1CCS(=O)CC1. The van der Waals surface area contributed by atoms with Crippen molar-refractivity contribution >= 4 is 10.8 Å². The molecule has 0 saturated carbocycles. The predicted octanol–water partition coefficient (Wildman–Crippen LogP) is 0.459. The molecular formula is C7H15NOS. The van der Waals surface area contributed by atoms with E-state index < -0.39 is 10.8 Å². The predicted molar refractivity (Wildman–Crippen MR) is 44.6 cm³/mol. The minimum atomic E-state index is -0.504. The third kappa shape index (κ3) is 2.06. The summed E-state index contributed by atoms with van der Waals surface area (Å²) in [6.07, 6.45) is 2.22. The zero-order chi connectivity index (χ0) is 7.56. The molecule has 60 valence electrons. The molecule has 0 aromatic carbocycles. The first-order chi connectivity index (χ1) is 4.70. The van der Waals surface area contributed by atoms with Gasteiger partial charge in [-0.2, -0.15) is 0 Å². The van der Waals surface area contributed by atoms with E-state index in [0.717, 1.165) is 24.3 Å². The van der Waals surface area contributed by atoms with E-state index in [1.165, 1.54) is 0 Å². The van der Waals surface area contributed by atoms with Gasteiger partial charge in [0.2, 0.25) is 0 Å². The molecule has 3 heteroatoms. The van der Waals surface area contributed by atoms with Crippen molar-refractivity contribution in [1.82, 2.24) is 4.90 Å². The van der Waals surface area contributed by atoms with Crippen molar-refractivity contribution in [1.29, 1.82) is 0 Å². The van der Waals surface area contributed by atoms with Crippen molar-refractivity contribution in [2.45, 2.75) is 18.9 Å². The third-order valence-corrected chi connectivity index (χ3v) is 3.47. The van der Waals surface area contributed by atoms with Crippen molar-refractivity contribution in [3.05, 3.63) is 0 Å². The molecule has 0 unspecified atom stereocenters. The second-order valence-corrected chi connectivity index (χ2v) is 4.74. The van der Waals surface area contributed by atoms with E-state index >= 15 is 0 Å². The van der Waals surface area contributed by atoms with Gasteiger partial charge in [0.15, 0.2) is 0 Å². The first kappa shape index (κ1) is 8.21. The minimum absolute atomic E-state index is 0.504. The molecule has 0 spiro atoms. The quantitative estimate of drug-likeness (QED) is 0.557. The largest absolute Gasteiger partial charge is 0.306 e. The number of nitrogens with zero attached hydrogens (tertiary/aromatic N) is 1. The fourth-order valence-corrected chi connectivity index (χ4v) is 2.57. The molecule has 0 aliphatic carbocycles. The lowest BCUT2D eigenvalue weighted by molar-refractivity contribution is 0.276. The molecule has 0 aromatic rings. The second-order valence-electron chi connectivity index (χ2n) is 3.04. The minimum Gasteiger partial charge on any atom is -0.306 e. The van der Waals surface area contributed by atoms with Gasteiger partial charge in [-0.1, -0.05) is 0 Å². The van der Waals surface area contributed by atoms with E-state index in [0.29, 0.717) is 6.04 Å². The Balaban J connectivity index is 2.33. The molecule has 1 aliphatic rings. The molecule has 0 atom stereocenters. The molecular weight excluding hydrogens is 146 g/mol. The Morgan fingerprint density at radius 2 is 1.80 bits per heavy atom. The zero-order valence-electron chi connectivity index (χ0n) is 6.67. The zero-order valence-corrected chi connectivity index (χ0v) is 7.49. The van der Waals surface area contributed by atoms with Crippen LogP contribution in [0.15, 0.2) is 0 Å². The summed E-state index contributed by atoms with van der Waals surface area (Å²) >= 11 is 0. The molecule has 10 heavy (non-hydrogen) atoms. The van der Waals surface area contributed by atoms with Gasteiger partial charge in [-0.25, -0.2) is 0 Å². The Morgan fingerprint density at radius 3 is 2.20 bits per heavy atom. The van der Waals surface area contributed by atoms with E-state index in [2.05, 4.69) is 19.0 Å². The van der Waals surface area contributed by atoms with Crippen molar-refractivity contribution in [3.8, 4) is 0 Å². The van der Waals surface area contributed by atoms with Crippen LogP contribution in [0.4, 0.5) is 0 Å². The van der Waals surface area contributed by atoms with E-state index in [-0.39, 0.29) is 0 Å². The van der Waals surface area contributed by atoms with Gasteiger partial charge >= 0.3 is 0 Å². The normalized spacial score (nSPS) is 34.7. The third-order valence-electron chi connectivity index (χ3n) is 2.09. The lowest BCUT2D eigenvalue weighted by atomic mass is 10.1. The van der Waals surface area contributed by atoms with E-state index in [1.807, 2.05) is 0 Å². The number of hydrogen-bond acceptors (Lipinski definition) is 2. The highest BCUT2D eigenvalue weighted by atomic mass is 32.2. The van der Waals surface area contributed by atoms with E-state index in [9.17, 15) is 4.21 Å². The summed E-state index contributed by atoms with van der Waals surface area (Å²) in [7, 11) is 3.69. The van der Waals surface area contributed by atoms with Gasteiger partial charge in [0, 0.05) is 28.3 Å². The maximum absolute atomic E-state index is 10.9. The Labute approximate surface area is 65.1 Å². The summed E-state index contributed by atoms with van der Waals surface area (Å²) < 4.78 is 10.9. The van der Waals surface area contributed by atoms with Gasteiger partial charge in [-0.05, 0) is 26.9 Å². The smallest absolute Gasteiger partial charge is 0.0249 e. The van der Waals surface area contributed by atoms with Crippen LogP contribution in [0.3, 0.4) is 0 Å². The number of hydrogen-bond donors (Lipinski definition) is 0. The maximum atomic E-state index is 10.9. The van der Waals surface area contributed by atoms with E-state index in [1.54, 1.807) is 0 Å². The highest BCUT2D eigenvalue weighted by molar-refractivity contribution is 7.85. The topological polar surface area (TPSA) is 20.3 Å². The molecule has 1 saturated heterocycles. The first-order valence-electron chi connectivity index (χ1n) is 3.71. The lowest BCUT2D eigenvalue weighted by Crippen LogP contribution is -2.34. The summed E-state index contributed by atoms with van der Waals surface area (Å²) in [6, 6.07) is 0.678. The maximum Gasteiger partial charge on any atom is 0.0249 e. The molecule has 0 N–H and O–H groups in total. The lowest BCUT2D eigenvalue weighted by Gasteiger charge is -2.27. The van der Waals surface area contributed by atoms with Gasteiger partial charge in [0.25, 0.3) is 0 Å². The summed E-state index contributed by atoms with van der Waals surface area (Å²) in [5, 5.41) is 0. The van der Waals surface area contributed by atoms with Crippen molar-refractivity contribution in [3.63, 3.8) is 0 Å². The Kier molecular flexibility index (Phi) is 2.86. The van der Waals surface area contributed by atoms with Crippen LogP contribution in [0.1, 0.15) is 12.8 Å². The fraction of sp³-hybridized carbons (Fsp3) is 1.00. The van der Waals surface area contributed by atoms with Crippen LogP contribution in [-0.2, 0) is 10.8 Å². The van der Waals surface area contributed by atoms with Crippen molar-refractivity contribution in [2.24, 2.45) is 0 Å². The molecule has 1 fully saturated rings. The van der Waals surface area contributed by atoms with Crippen LogP contribution in [-0.4, -0.2) is 40.8 Å².